The Balaban J connectivity index is 1.41. The largest absolute Gasteiger partial charge is 0.326 e. The molecule has 0 atom stereocenters. The van der Waals surface area contributed by atoms with E-state index in [0.717, 1.165) is 43.9 Å². The van der Waals surface area contributed by atoms with Gasteiger partial charge in [-0.25, -0.2) is 5.43 Å². The van der Waals surface area contributed by atoms with Gasteiger partial charge < -0.3 is 5.32 Å². The molecule has 0 fully saturated rings. The molecule has 2 amide bonds. The lowest BCUT2D eigenvalue weighted by atomic mass is 9.97. The van der Waals surface area contributed by atoms with Crippen LogP contribution in [0.15, 0.2) is 77.9 Å². The molecular formula is C27H25N3O2. The van der Waals surface area contributed by atoms with Gasteiger partial charge >= 0.3 is 0 Å². The summed E-state index contributed by atoms with van der Waals surface area (Å²) in [5, 5.41) is 11.4. The fourth-order valence-electron chi connectivity index (χ4n) is 3.74. The summed E-state index contributed by atoms with van der Waals surface area (Å²) in [7, 11) is 0. The van der Waals surface area contributed by atoms with Crippen molar-refractivity contribution in [1.29, 1.82) is 0 Å². The number of carbonyl (C=O) groups is 2. The molecule has 4 rings (SSSR count). The molecule has 5 heteroatoms. The molecule has 5 nitrogen and oxygen atoms in total. The highest BCUT2D eigenvalue weighted by atomic mass is 16.2. The predicted octanol–water partition coefficient (Wildman–Crippen LogP) is 5.48. The van der Waals surface area contributed by atoms with Gasteiger partial charge in [0.05, 0.1) is 6.21 Å². The number of hydrogen-bond acceptors (Lipinski definition) is 3. The molecule has 0 saturated carbocycles. The topological polar surface area (TPSA) is 70.6 Å². The monoisotopic (exact) mass is 423 g/mol. The van der Waals surface area contributed by atoms with E-state index in [0.29, 0.717) is 0 Å². The zero-order valence-corrected chi connectivity index (χ0v) is 18.2. The average Bonchev–Trinajstić information content (AvgIpc) is 2.80. The highest BCUT2D eigenvalue weighted by Gasteiger charge is 2.09. The second-order valence-electron chi connectivity index (χ2n) is 7.82. The SMILES string of the molecule is Cc1cccc(NC(=O)CCC(=O)NN=Cc2c3ccccc3cc3ccccc23)c1C. The summed E-state index contributed by atoms with van der Waals surface area (Å²) in [4.78, 5) is 24.5. The third kappa shape index (κ3) is 4.67. The zero-order chi connectivity index (χ0) is 22.5. The van der Waals surface area contributed by atoms with Gasteiger partial charge in [-0.15, -0.1) is 0 Å². The molecule has 0 unspecified atom stereocenters. The number of amides is 2. The second kappa shape index (κ2) is 9.43. The van der Waals surface area contributed by atoms with Crippen LogP contribution < -0.4 is 10.7 Å². The van der Waals surface area contributed by atoms with Crippen LogP contribution in [0.5, 0.6) is 0 Å². The molecule has 0 heterocycles. The minimum absolute atomic E-state index is 0.0598. The van der Waals surface area contributed by atoms with Crippen molar-refractivity contribution in [3.8, 4) is 0 Å². The molecule has 32 heavy (non-hydrogen) atoms. The standard InChI is InChI=1S/C27H25N3O2/c1-18-8-7-13-25(19(18)2)29-26(31)14-15-27(32)30-28-17-24-22-11-5-3-9-20(22)16-21-10-4-6-12-23(21)24/h3-13,16-17H,14-15H2,1-2H3,(H,29,31)(H,30,32). The lowest BCUT2D eigenvalue weighted by Gasteiger charge is -2.10. The molecule has 0 aliphatic heterocycles. The quantitative estimate of drug-likeness (QED) is 0.245. The Morgan fingerprint density at radius 1 is 0.812 bits per heavy atom. The van der Waals surface area contributed by atoms with E-state index in [2.05, 4.69) is 34.0 Å². The van der Waals surface area contributed by atoms with Gasteiger partial charge in [0.25, 0.3) is 0 Å². The smallest absolute Gasteiger partial charge is 0.240 e. The van der Waals surface area contributed by atoms with Gasteiger partial charge in [-0.3, -0.25) is 9.59 Å². The highest BCUT2D eigenvalue weighted by Crippen LogP contribution is 2.27. The molecule has 4 aromatic rings. The van der Waals surface area contributed by atoms with Crippen molar-refractivity contribution in [2.75, 3.05) is 5.32 Å². The van der Waals surface area contributed by atoms with E-state index in [9.17, 15) is 9.59 Å². The Kier molecular flexibility index (Phi) is 6.26. The average molecular weight is 424 g/mol. The van der Waals surface area contributed by atoms with Crippen molar-refractivity contribution in [1.82, 2.24) is 5.43 Å². The summed E-state index contributed by atoms with van der Waals surface area (Å²) in [6, 6.07) is 24.1. The van der Waals surface area contributed by atoms with Gasteiger partial charge in [-0.05, 0) is 58.7 Å². The number of rotatable bonds is 6. The zero-order valence-electron chi connectivity index (χ0n) is 18.2. The molecule has 0 radical (unpaired) electrons. The number of fused-ring (bicyclic) bond motifs is 2. The second-order valence-corrected chi connectivity index (χ2v) is 7.82. The Labute approximate surface area is 187 Å². The van der Waals surface area contributed by atoms with E-state index >= 15 is 0 Å². The van der Waals surface area contributed by atoms with Crippen LogP contribution in [0.1, 0.15) is 29.5 Å². The maximum Gasteiger partial charge on any atom is 0.240 e. The van der Waals surface area contributed by atoms with Crippen molar-refractivity contribution in [3.63, 3.8) is 0 Å². The minimum Gasteiger partial charge on any atom is -0.326 e. The normalized spacial score (nSPS) is 11.2. The number of nitrogens with one attached hydrogen (secondary N) is 2. The third-order valence-electron chi connectivity index (χ3n) is 5.65. The van der Waals surface area contributed by atoms with Gasteiger partial charge in [0.1, 0.15) is 0 Å². The maximum absolute atomic E-state index is 12.2. The molecule has 0 aliphatic rings. The molecule has 2 N–H and O–H groups in total. The number of hydrazone groups is 1. The summed E-state index contributed by atoms with van der Waals surface area (Å²) >= 11 is 0. The summed E-state index contributed by atoms with van der Waals surface area (Å²) in [5.41, 5.74) is 6.41. The molecule has 160 valence electrons. The Morgan fingerprint density at radius 3 is 2.12 bits per heavy atom. The number of anilines is 1. The Bertz CT molecular complexity index is 1290. The van der Waals surface area contributed by atoms with E-state index in [4.69, 9.17) is 0 Å². The van der Waals surface area contributed by atoms with Crippen LogP contribution in [0.25, 0.3) is 21.5 Å². The van der Waals surface area contributed by atoms with Crippen LogP contribution in [0.4, 0.5) is 5.69 Å². The molecular weight excluding hydrogens is 398 g/mol. The van der Waals surface area contributed by atoms with Crippen molar-refractivity contribution in [2.45, 2.75) is 26.7 Å². The lowest BCUT2D eigenvalue weighted by molar-refractivity contribution is -0.124. The van der Waals surface area contributed by atoms with Crippen LogP contribution >= 0.6 is 0 Å². The first kappa shape index (κ1) is 21.2. The van der Waals surface area contributed by atoms with Gasteiger partial charge in [0.15, 0.2) is 0 Å². The molecule has 0 bridgehead atoms. The number of hydrogen-bond donors (Lipinski definition) is 2. The van der Waals surface area contributed by atoms with Gasteiger partial charge in [-0.1, -0.05) is 60.7 Å². The van der Waals surface area contributed by atoms with Gasteiger partial charge in [0, 0.05) is 24.1 Å². The molecule has 0 aromatic heterocycles. The summed E-state index contributed by atoms with van der Waals surface area (Å²) in [6.07, 6.45) is 1.83. The maximum atomic E-state index is 12.2. The summed E-state index contributed by atoms with van der Waals surface area (Å²) < 4.78 is 0. The third-order valence-corrected chi connectivity index (χ3v) is 5.65. The van der Waals surface area contributed by atoms with E-state index < -0.39 is 0 Å². The van der Waals surface area contributed by atoms with Crippen LogP contribution in [0.2, 0.25) is 0 Å². The van der Waals surface area contributed by atoms with E-state index in [1.54, 1.807) is 6.21 Å². The fraction of sp³-hybridized carbons (Fsp3) is 0.148. The summed E-state index contributed by atoms with van der Waals surface area (Å²) in [5.74, 6) is -0.500. The Morgan fingerprint density at radius 2 is 1.44 bits per heavy atom. The molecule has 0 saturated heterocycles. The predicted molar refractivity (Wildman–Crippen MR) is 131 cm³/mol. The van der Waals surface area contributed by atoms with Crippen molar-refractivity contribution in [2.24, 2.45) is 5.10 Å². The molecule has 4 aromatic carbocycles. The van der Waals surface area contributed by atoms with Crippen LogP contribution in [-0.2, 0) is 9.59 Å². The van der Waals surface area contributed by atoms with Crippen molar-refractivity contribution in [3.05, 3.63) is 89.5 Å². The van der Waals surface area contributed by atoms with E-state index in [1.165, 1.54) is 0 Å². The lowest BCUT2D eigenvalue weighted by Crippen LogP contribution is -2.21. The highest BCUT2D eigenvalue weighted by molar-refractivity contribution is 6.13. The van der Waals surface area contributed by atoms with Crippen LogP contribution in [0, 0.1) is 13.8 Å². The fourth-order valence-corrected chi connectivity index (χ4v) is 3.74. The first-order chi connectivity index (χ1) is 15.5. The van der Waals surface area contributed by atoms with E-state index in [1.807, 2.05) is 68.4 Å². The summed E-state index contributed by atoms with van der Waals surface area (Å²) in [6.45, 7) is 3.96. The molecule has 0 spiro atoms. The van der Waals surface area contributed by atoms with Crippen molar-refractivity contribution < 1.29 is 9.59 Å². The molecule has 0 aliphatic carbocycles. The number of aryl methyl sites for hydroxylation is 1. The first-order valence-corrected chi connectivity index (χ1v) is 10.6. The van der Waals surface area contributed by atoms with Crippen LogP contribution in [-0.4, -0.2) is 18.0 Å². The minimum atomic E-state index is -0.304. The van der Waals surface area contributed by atoms with Crippen LogP contribution in [0.3, 0.4) is 0 Å². The first-order valence-electron chi connectivity index (χ1n) is 10.6. The van der Waals surface area contributed by atoms with Gasteiger partial charge in [0.2, 0.25) is 11.8 Å². The van der Waals surface area contributed by atoms with E-state index in [-0.39, 0.29) is 24.7 Å². The number of benzene rings is 4. The number of carbonyl (C=O) groups excluding carboxylic acids is 2. The van der Waals surface area contributed by atoms with Gasteiger partial charge in [-0.2, -0.15) is 5.10 Å². The Hall–Kier alpha value is -3.99. The van der Waals surface area contributed by atoms with Crippen molar-refractivity contribution >= 4 is 45.3 Å². The number of nitrogens with zero attached hydrogens (tertiary/aromatic N) is 1.